The monoisotopic (exact) mass is 322 g/mol. The largest absolute Gasteiger partial charge is 0.392 e. The summed E-state index contributed by atoms with van der Waals surface area (Å²) in [5.74, 6) is -0.910. The summed E-state index contributed by atoms with van der Waals surface area (Å²) in [5, 5.41) is 10.5. The van der Waals surface area contributed by atoms with Crippen LogP contribution in [0.25, 0.3) is 0 Å². The minimum atomic E-state index is -3.97. The molecule has 5 nitrogen and oxygen atoms in total. The van der Waals surface area contributed by atoms with Crippen molar-refractivity contribution in [2.24, 2.45) is 0 Å². The van der Waals surface area contributed by atoms with Crippen molar-refractivity contribution in [2.45, 2.75) is 11.5 Å². The molecule has 2 N–H and O–H groups in total. The van der Waals surface area contributed by atoms with Crippen molar-refractivity contribution in [2.75, 3.05) is 4.72 Å². The maximum absolute atomic E-state index is 13.5. The lowest BCUT2D eigenvalue weighted by atomic mass is 10.2. The first kappa shape index (κ1) is 14.2. The van der Waals surface area contributed by atoms with Gasteiger partial charge in [0.1, 0.15) is 5.82 Å². The molecule has 19 heavy (non-hydrogen) atoms. The second kappa shape index (κ2) is 5.41. The fourth-order valence-electron chi connectivity index (χ4n) is 1.34. The van der Waals surface area contributed by atoms with E-state index in [0.717, 1.165) is 23.5 Å². The van der Waals surface area contributed by atoms with Gasteiger partial charge in [0.25, 0.3) is 10.0 Å². The highest BCUT2D eigenvalue weighted by Gasteiger charge is 2.19. The molecule has 1 aromatic carbocycles. The summed E-state index contributed by atoms with van der Waals surface area (Å²) in [5.41, 5.74) is 0.00109. The summed E-state index contributed by atoms with van der Waals surface area (Å²) in [4.78, 5) is 3.44. The number of anilines is 1. The van der Waals surface area contributed by atoms with Gasteiger partial charge < -0.3 is 5.11 Å². The lowest BCUT2D eigenvalue weighted by Crippen LogP contribution is -2.13. The lowest BCUT2D eigenvalue weighted by molar-refractivity contribution is 0.281. The van der Waals surface area contributed by atoms with Gasteiger partial charge in [-0.3, -0.25) is 4.72 Å². The number of nitrogens with one attached hydrogen (secondary N) is 1. The number of aliphatic hydroxyl groups excluding tert-OH is 1. The van der Waals surface area contributed by atoms with Crippen molar-refractivity contribution in [1.29, 1.82) is 0 Å². The SMILES string of the molecule is O=S(=O)(Nc1nccs1)c1cc(F)c(Cl)c(CO)c1. The van der Waals surface area contributed by atoms with Crippen molar-refractivity contribution in [1.82, 2.24) is 4.98 Å². The number of hydrogen-bond donors (Lipinski definition) is 2. The molecule has 0 fully saturated rings. The summed E-state index contributed by atoms with van der Waals surface area (Å²) < 4.78 is 39.7. The molecule has 0 saturated heterocycles. The number of halogens is 2. The zero-order valence-corrected chi connectivity index (χ0v) is 11.7. The number of sulfonamides is 1. The third kappa shape index (κ3) is 3.03. The van der Waals surface area contributed by atoms with E-state index >= 15 is 0 Å². The highest BCUT2D eigenvalue weighted by Crippen LogP contribution is 2.26. The van der Waals surface area contributed by atoms with Gasteiger partial charge in [-0.1, -0.05) is 11.6 Å². The molecule has 2 rings (SSSR count). The summed E-state index contributed by atoms with van der Waals surface area (Å²) in [6.45, 7) is -0.559. The fourth-order valence-corrected chi connectivity index (χ4v) is 3.36. The van der Waals surface area contributed by atoms with Crippen LogP contribution in [-0.2, 0) is 16.6 Å². The van der Waals surface area contributed by atoms with E-state index in [1.807, 2.05) is 0 Å². The maximum atomic E-state index is 13.5. The van der Waals surface area contributed by atoms with Crippen LogP contribution in [0.15, 0.2) is 28.6 Å². The van der Waals surface area contributed by atoms with Crippen LogP contribution < -0.4 is 4.72 Å². The Labute approximate surface area is 117 Å². The minimum absolute atomic E-state index is 0.00109. The van der Waals surface area contributed by atoms with Crippen molar-refractivity contribution in [3.05, 3.63) is 40.1 Å². The normalized spacial score (nSPS) is 11.5. The zero-order chi connectivity index (χ0) is 14.0. The molecule has 0 spiro atoms. The lowest BCUT2D eigenvalue weighted by Gasteiger charge is -2.08. The standard InChI is InChI=1S/C10H8ClFN2O3S2/c11-9-6(5-15)3-7(4-8(9)12)19(16,17)14-10-13-1-2-18-10/h1-4,15H,5H2,(H,13,14). The average Bonchev–Trinajstić information content (AvgIpc) is 2.84. The summed E-state index contributed by atoms with van der Waals surface area (Å²) in [6, 6.07) is 1.90. The Balaban J connectivity index is 2.43. The van der Waals surface area contributed by atoms with Crippen LogP contribution in [0.4, 0.5) is 9.52 Å². The third-order valence-electron chi connectivity index (χ3n) is 2.21. The van der Waals surface area contributed by atoms with Gasteiger partial charge >= 0.3 is 0 Å². The Morgan fingerprint density at radius 2 is 2.21 bits per heavy atom. The third-order valence-corrected chi connectivity index (χ3v) is 4.77. The van der Waals surface area contributed by atoms with Crippen LogP contribution in [0.2, 0.25) is 5.02 Å². The zero-order valence-electron chi connectivity index (χ0n) is 9.30. The van der Waals surface area contributed by atoms with Crippen LogP contribution in [0.3, 0.4) is 0 Å². The Hall–Kier alpha value is -1.22. The molecule has 2 aromatic rings. The van der Waals surface area contributed by atoms with Gasteiger partial charge in [-0.15, -0.1) is 11.3 Å². The molecule has 0 unspecified atom stereocenters. The van der Waals surface area contributed by atoms with E-state index in [2.05, 4.69) is 9.71 Å². The molecule has 102 valence electrons. The number of nitrogens with zero attached hydrogens (tertiary/aromatic N) is 1. The van der Waals surface area contributed by atoms with Crippen molar-refractivity contribution in [3.63, 3.8) is 0 Å². The number of aliphatic hydroxyl groups is 1. The molecule has 0 amide bonds. The second-order valence-electron chi connectivity index (χ2n) is 3.48. The van der Waals surface area contributed by atoms with Gasteiger partial charge in [0.2, 0.25) is 0 Å². The molecule has 9 heteroatoms. The number of aromatic nitrogens is 1. The summed E-state index contributed by atoms with van der Waals surface area (Å²) >= 11 is 6.69. The molecule has 0 saturated carbocycles. The molecule has 0 aliphatic carbocycles. The van der Waals surface area contributed by atoms with Gasteiger partial charge in [-0.2, -0.15) is 0 Å². The molecular weight excluding hydrogens is 315 g/mol. The van der Waals surface area contributed by atoms with Gasteiger partial charge in [-0.25, -0.2) is 17.8 Å². The van der Waals surface area contributed by atoms with Crippen LogP contribution in [0.1, 0.15) is 5.56 Å². The molecule has 0 atom stereocenters. The molecule has 0 bridgehead atoms. The average molecular weight is 323 g/mol. The van der Waals surface area contributed by atoms with Crippen LogP contribution in [0.5, 0.6) is 0 Å². The van der Waals surface area contributed by atoms with E-state index in [9.17, 15) is 12.8 Å². The summed E-state index contributed by atoms with van der Waals surface area (Å²) in [7, 11) is -3.97. The van der Waals surface area contributed by atoms with Gasteiger partial charge in [0.15, 0.2) is 5.13 Å². The van der Waals surface area contributed by atoms with Crippen molar-refractivity contribution < 1.29 is 17.9 Å². The first-order valence-corrected chi connectivity index (χ1v) is 7.69. The van der Waals surface area contributed by atoms with Gasteiger partial charge in [-0.05, 0) is 12.1 Å². The Morgan fingerprint density at radius 1 is 1.47 bits per heavy atom. The van der Waals surface area contributed by atoms with E-state index in [0.29, 0.717) is 0 Å². The van der Waals surface area contributed by atoms with Crippen LogP contribution in [0, 0.1) is 5.82 Å². The van der Waals surface area contributed by atoms with E-state index in [1.165, 1.54) is 6.20 Å². The fraction of sp³-hybridized carbons (Fsp3) is 0.100. The maximum Gasteiger partial charge on any atom is 0.263 e. The Morgan fingerprint density at radius 3 is 2.79 bits per heavy atom. The molecule has 0 radical (unpaired) electrons. The molecule has 0 aliphatic rings. The van der Waals surface area contributed by atoms with Crippen LogP contribution >= 0.6 is 22.9 Å². The van der Waals surface area contributed by atoms with E-state index in [4.69, 9.17) is 16.7 Å². The molecule has 1 aromatic heterocycles. The predicted molar refractivity (Wildman–Crippen MR) is 70.3 cm³/mol. The first-order chi connectivity index (χ1) is 8.94. The van der Waals surface area contributed by atoms with E-state index < -0.39 is 22.4 Å². The predicted octanol–water partition coefficient (Wildman–Crippen LogP) is 2.23. The Bertz CT molecular complexity index is 689. The number of benzene rings is 1. The topological polar surface area (TPSA) is 79.3 Å². The molecule has 0 aliphatic heterocycles. The molecular formula is C10H8ClFN2O3S2. The smallest absolute Gasteiger partial charge is 0.263 e. The van der Waals surface area contributed by atoms with Crippen molar-refractivity contribution >= 4 is 38.1 Å². The van der Waals surface area contributed by atoms with E-state index in [-0.39, 0.29) is 20.6 Å². The number of hydrogen-bond acceptors (Lipinski definition) is 5. The Kier molecular flexibility index (Phi) is 4.04. The summed E-state index contributed by atoms with van der Waals surface area (Å²) in [6.07, 6.45) is 1.43. The van der Waals surface area contributed by atoms with Gasteiger partial charge in [0.05, 0.1) is 16.5 Å². The highest BCUT2D eigenvalue weighted by molar-refractivity contribution is 7.93. The minimum Gasteiger partial charge on any atom is -0.392 e. The van der Waals surface area contributed by atoms with Crippen LogP contribution in [-0.4, -0.2) is 18.5 Å². The second-order valence-corrected chi connectivity index (χ2v) is 6.43. The van der Waals surface area contributed by atoms with E-state index in [1.54, 1.807) is 5.38 Å². The van der Waals surface area contributed by atoms with Crippen molar-refractivity contribution in [3.8, 4) is 0 Å². The number of rotatable bonds is 4. The number of thiazole rings is 1. The quantitative estimate of drug-likeness (QED) is 0.904. The van der Waals surface area contributed by atoms with Gasteiger partial charge in [0, 0.05) is 17.1 Å². The highest BCUT2D eigenvalue weighted by atomic mass is 35.5. The first-order valence-electron chi connectivity index (χ1n) is 4.95. The molecule has 1 heterocycles.